The third kappa shape index (κ3) is 6.12. The number of hydrazone groups is 1. The van der Waals surface area contributed by atoms with Crippen LogP contribution in [0.5, 0.6) is 5.75 Å². The van der Waals surface area contributed by atoms with Gasteiger partial charge in [0.05, 0.1) is 16.8 Å². The van der Waals surface area contributed by atoms with Gasteiger partial charge in [-0.1, -0.05) is 35.9 Å². The molecule has 0 aliphatic carbocycles. The van der Waals surface area contributed by atoms with Crippen molar-refractivity contribution in [1.29, 1.82) is 5.41 Å². The van der Waals surface area contributed by atoms with Crippen molar-refractivity contribution in [3.63, 3.8) is 0 Å². The molecule has 0 aliphatic heterocycles. The summed E-state index contributed by atoms with van der Waals surface area (Å²) in [7, 11) is 0. The fraction of sp³-hybridized carbons (Fsp3) is 0.125. The summed E-state index contributed by atoms with van der Waals surface area (Å²) in [6, 6.07) is 9.77. The number of nitrogens with one attached hydrogen (secondary N) is 2. The fourth-order valence-electron chi connectivity index (χ4n) is 1.91. The second-order valence-electron chi connectivity index (χ2n) is 4.93. The van der Waals surface area contributed by atoms with Gasteiger partial charge in [-0.3, -0.25) is 5.41 Å². The predicted molar refractivity (Wildman–Crippen MR) is 97.1 cm³/mol. The molecule has 0 heterocycles. The van der Waals surface area contributed by atoms with E-state index in [1.807, 2.05) is 0 Å². The second kappa shape index (κ2) is 9.30. The van der Waals surface area contributed by atoms with Crippen molar-refractivity contribution in [2.24, 2.45) is 10.8 Å². The molecule has 5 nitrogen and oxygen atoms in total. The Morgan fingerprint density at radius 2 is 1.96 bits per heavy atom. The number of nitrogens with zero attached hydrogens (tertiary/aromatic N) is 1. The van der Waals surface area contributed by atoms with Gasteiger partial charge in [0.25, 0.3) is 0 Å². The van der Waals surface area contributed by atoms with E-state index in [4.69, 9.17) is 27.5 Å². The first-order chi connectivity index (χ1) is 11.8. The highest BCUT2D eigenvalue weighted by molar-refractivity contribution is 6.34. The molecular weight excluding hydrogens is 392 g/mol. The fourth-order valence-corrected chi connectivity index (χ4v) is 2.14. The number of halogens is 5. The Balaban J connectivity index is 0.00000338. The van der Waals surface area contributed by atoms with E-state index in [9.17, 15) is 13.2 Å². The maximum atomic E-state index is 12.7. The first-order valence-corrected chi connectivity index (χ1v) is 7.35. The average molecular weight is 407 g/mol. The monoisotopic (exact) mass is 406 g/mol. The number of rotatable bonds is 5. The van der Waals surface area contributed by atoms with Crippen LogP contribution in [0.15, 0.2) is 47.6 Å². The summed E-state index contributed by atoms with van der Waals surface area (Å²) in [5.74, 6) is -0.0322. The average Bonchev–Trinajstić information content (AvgIpc) is 2.54. The molecule has 0 radical (unpaired) electrons. The number of guanidine groups is 1. The molecule has 0 saturated heterocycles. The Morgan fingerprint density at radius 1 is 1.27 bits per heavy atom. The quantitative estimate of drug-likeness (QED) is 0.395. The van der Waals surface area contributed by atoms with Crippen LogP contribution in [0.25, 0.3) is 0 Å². The molecule has 0 fully saturated rings. The van der Waals surface area contributed by atoms with Gasteiger partial charge >= 0.3 is 6.18 Å². The molecule has 4 N–H and O–H groups in total. The highest BCUT2D eigenvalue weighted by atomic mass is 35.5. The van der Waals surface area contributed by atoms with Crippen LogP contribution in [0.3, 0.4) is 0 Å². The van der Waals surface area contributed by atoms with Crippen molar-refractivity contribution in [3.8, 4) is 5.75 Å². The van der Waals surface area contributed by atoms with Crippen LogP contribution >= 0.6 is 24.0 Å². The van der Waals surface area contributed by atoms with E-state index in [2.05, 4.69) is 10.5 Å². The number of hydrogen-bond acceptors (Lipinski definition) is 3. The molecule has 26 heavy (non-hydrogen) atoms. The molecule has 0 aromatic heterocycles. The molecule has 140 valence electrons. The van der Waals surface area contributed by atoms with Crippen LogP contribution in [0.2, 0.25) is 5.02 Å². The minimum Gasteiger partial charge on any atom is -0.487 e. The Hall–Kier alpha value is -2.45. The van der Waals surface area contributed by atoms with Gasteiger partial charge in [-0.2, -0.15) is 18.3 Å². The Morgan fingerprint density at radius 3 is 2.62 bits per heavy atom. The lowest BCUT2D eigenvalue weighted by molar-refractivity contribution is -0.137. The zero-order valence-electron chi connectivity index (χ0n) is 13.2. The number of benzene rings is 2. The van der Waals surface area contributed by atoms with Crippen LogP contribution in [-0.2, 0) is 12.8 Å². The zero-order valence-corrected chi connectivity index (χ0v) is 14.8. The highest BCUT2D eigenvalue weighted by Gasteiger charge is 2.30. The van der Waals surface area contributed by atoms with Gasteiger partial charge in [0.15, 0.2) is 0 Å². The molecule has 0 amide bonds. The van der Waals surface area contributed by atoms with E-state index in [1.165, 1.54) is 18.3 Å². The van der Waals surface area contributed by atoms with E-state index in [1.54, 1.807) is 18.2 Å². The predicted octanol–water partition coefficient (Wildman–Crippen LogP) is 4.18. The third-order valence-corrected chi connectivity index (χ3v) is 3.43. The van der Waals surface area contributed by atoms with E-state index in [-0.39, 0.29) is 30.0 Å². The van der Waals surface area contributed by atoms with Crippen LogP contribution in [0.4, 0.5) is 13.2 Å². The van der Waals surface area contributed by atoms with Crippen LogP contribution in [0, 0.1) is 5.41 Å². The zero-order chi connectivity index (χ0) is 18.4. The molecule has 2 aromatic rings. The number of ether oxygens (including phenoxy) is 1. The lowest BCUT2D eigenvalue weighted by Gasteiger charge is -2.11. The summed E-state index contributed by atoms with van der Waals surface area (Å²) in [5.41, 5.74) is 7.46. The lowest BCUT2D eigenvalue weighted by atomic mass is 10.1. The summed E-state index contributed by atoms with van der Waals surface area (Å²) in [4.78, 5) is 0. The molecule has 10 heteroatoms. The van der Waals surface area contributed by atoms with Crippen molar-refractivity contribution in [2.75, 3.05) is 0 Å². The van der Waals surface area contributed by atoms with Crippen molar-refractivity contribution >= 4 is 36.2 Å². The summed E-state index contributed by atoms with van der Waals surface area (Å²) < 4.78 is 43.7. The van der Waals surface area contributed by atoms with Gasteiger partial charge in [0.2, 0.25) is 5.96 Å². The first kappa shape index (κ1) is 21.6. The Bertz CT molecular complexity index is 797. The molecule has 0 saturated carbocycles. The minimum absolute atomic E-state index is 0. The molecule has 0 atom stereocenters. The second-order valence-corrected chi connectivity index (χ2v) is 5.31. The van der Waals surface area contributed by atoms with E-state index < -0.39 is 11.7 Å². The third-order valence-electron chi connectivity index (χ3n) is 3.03. The molecule has 0 unspecified atom stereocenters. The largest absolute Gasteiger partial charge is 0.487 e. The van der Waals surface area contributed by atoms with Gasteiger partial charge in [-0.25, -0.2) is 5.43 Å². The van der Waals surface area contributed by atoms with Crippen LogP contribution < -0.4 is 15.9 Å². The molecule has 2 aromatic carbocycles. The van der Waals surface area contributed by atoms with Gasteiger partial charge in [0.1, 0.15) is 12.4 Å². The molecule has 0 spiro atoms. The standard InChI is InChI=1S/C16H14ClF3N4O.ClH/c17-14-11(8-23-24-15(21)22)4-2-6-13(14)25-9-10-3-1-5-12(7-10)16(18,19)20;/h1-8H,9H2,(H4,21,22,24);1H. The molecule has 0 aliphatic rings. The van der Waals surface area contributed by atoms with E-state index >= 15 is 0 Å². The molecular formula is C16H15Cl2F3N4O. The van der Waals surface area contributed by atoms with Crippen molar-refractivity contribution in [2.45, 2.75) is 12.8 Å². The number of nitrogens with two attached hydrogens (primary N) is 1. The molecule has 2 rings (SSSR count). The van der Waals surface area contributed by atoms with E-state index in [0.29, 0.717) is 16.9 Å². The summed E-state index contributed by atoms with van der Waals surface area (Å²) in [6.07, 6.45) is -3.06. The number of hydrogen-bond donors (Lipinski definition) is 3. The Labute approximate surface area is 158 Å². The number of alkyl halides is 3. The maximum Gasteiger partial charge on any atom is 0.416 e. The normalized spacial score (nSPS) is 11.1. The van der Waals surface area contributed by atoms with Crippen molar-refractivity contribution in [1.82, 2.24) is 5.43 Å². The summed E-state index contributed by atoms with van der Waals surface area (Å²) in [5, 5.41) is 10.9. The maximum absolute atomic E-state index is 12.7. The van der Waals surface area contributed by atoms with Gasteiger partial charge < -0.3 is 10.5 Å². The topological polar surface area (TPSA) is 83.5 Å². The van der Waals surface area contributed by atoms with Crippen LogP contribution in [0.1, 0.15) is 16.7 Å². The van der Waals surface area contributed by atoms with Gasteiger partial charge in [0, 0.05) is 5.56 Å². The smallest absolute Gasteiger partial charge is 0.416 e. The SMILES string of the molecule is Cl.N=C(N)NN=Cc1cccc(OCc2cccc(C(F)(F)F)c2)c1Cl. The van der Waals surface area contributed by atoms with Gasteiger partial charge in [-0.15, -0.1) is 12.4 Å². The van der Waals surface area contributed by atoms with Gasteiger partial charge in [-0.05, 0) is 23.8 Å². The summed E-state index contributed by atoms with van der Waals surface area (Å²) in [6.45, 7) is -0.0735. The van der Waals surface area contributed by atoms with Crippen LogP contribution in [-0.4, -0.2) is 12.2 Å². The minimum atomic E-state index is -4.41. The molecule has 0 bridgehead atoms. The van der Waals surface area contributed by atoms with E-state index in [0.717, 1.165) is 12.1 Å². The summed E-state index contributed by atoms with van der Waals surface area (Å²) >= 11 is 6.19. The lowest BCUT2D eigenvalue weighted by Crippen LogP contribution is -2.25. The Kier molecular flexibility index (Phi) is 7.73. The van der Waals surface area contributed by atoms with Crippen molar-refractivity contribution < 1.29 is 17.9 Å². The highest BCUT2D eigenvalue weighted by Crippen LogP contribution is 2.31. The van der Waals surface area contributed by atoms with Crippen molar-refractivity contribution in [3.05, 3.63) is 64.2 Å². The first-order valence-electron chi connectivity index (χ1n) is 6.98.